The van der Waals surface area contributed by atoms with Crippen molar-refractivity contribution in [2.45, 2.75) is 63.9 Å². The van der Waals surface area contributed by atoms with Crippen LogP contribution in [-0.4, -0.2) is 38.5 Å². The summed E-state index contributed by atoms with van der Waals surface area (Å²) in [6, 6.07) is 0.554. The van der Waals surface area contributed by atoms with Crippen LogP contribution < -0.4 is 0 Å². The minimum atomic E-state index is -1.61. The van der Waals surface area contributed by atoms with E-state index in [2.05, 4.69) is 50.9 Å². The molecule has 2 heterocycles. The van der Waals surface area contributed by atoms with Crippen LogP contribution in [0.2, 0.25) is 18.1 Å². The SMILES string of the molecule is CC(C)(C)[Si](C)(C)O[C@H]1CCCN2CC=C[C@H]12. The van der Waals surface area contributed by atoms with E-state index in [0.29, 0.717) is 17.2 Å². The molecule has 2 aliphatic rings. The molecule has 0 aromatic heterocycles. The van der Waals surface area contributed by atoms with Gasteiger partial charge in [-0.2, -0.15) is 0 Å². The van der Waals surface area contributed by atoms with Crippen LogP contribution in [0.1, 0.15) is 33.6 Å². The molecular weight excluding hydrogens is 226 g/mol. The van der Waals surface area contributed by atoms with Crippen molar-refractivity contribution in [1.29, 1.82) is 0 Å². The molecule has 1 saturated heterocycles. The highest BCUT2D eigenvalue weighted by molar-refractivity contribution is 6.74. The van der Waals surface area contributed by atoms with E-state index in [1.54, 1.807) is 0 Å². The van der Waals surface area contributed by atoms with Crippen LogP contribution in [0.4, 0.5) is 0 Å². The molecule has 0 aromatic rings. The van der Waals surface area contributed by atoms with Crippen LogP contribution in [0.15, 0.2) is 12.2 Å². The second-order valence-electron chi connectivity index (χ2n) is 6.97. The molecule has 2 nitrogen and oxygen atoms in total. The third-order valence-corrected chi connectivity index (χ3v) is 9.17. The molecule has 0 amide bonds. The first-order valence-electron chi connectivity index (χ1n) is 6.90. The molecule has 3 heteroatoms. The van der Waals surface area contributed by atoms with E-state index in [1.807, 2.05) is 0 Å². The van der Waals surface area contributed by atoms with Gasteiger partial charge in [-0.05, 0) is 37.5 Å². The average Bonchev–Trinajstić information content (AvgIpc) is 2.64. The number of piperidine rings is 1. The number of fused-ring (bicyclic) bond motifs is 1. The summed E-state index contributed by atoms with van der Waals surface area (Å²) in [6.07, 6.45) is 7.62. The van der Waals surface area contributed by atoms with Crippen LogP contribution in [0.25, 0.3) is 0 Å². The van der Waals surface area contributed by atoms with Gasteiger partial charge >= 0.3 is 0 Å². The van der Waals surface area contributed by atoms with E-state index < -0.39 is 8.32 Å². The Morgan fingerprint density at radius 1 is 1.29 bits per heavy atom. The molecule has 0 aromatic carbocycles. The number of nitrogens with zero attached hydrogens (tertiary/aromatic N) is 1. The highest BCUT2D eigenvalue weighted by atomic mass is 28.4. The summed E-state index contributed by atoms with van der Waals surface area (Å²) in [5.41, 5.74) is 0. The summed E-state index contributed by atoms with van der Waals surface area (Å²) in [7, 11) is -1.61. The Balaban J connectivity index is 2.05. The maximum Gasteiger partial charge on any atom is 0.192 e. The molecule has 1 fully saturated rings. The van der Waals surface area contributed by atoms with Gasteiger partial charge in [0.25, 0.3) is 0 Å². The molecule has 0 unspecified atom stereocenters. The van der Waals surface area contributed by atoms with Crippen LogP contribution in [0.3, 0.4) is 0 Å². The van der Waals surface area contributed by atoms with Crippen molar-refractivity contribution in [3.8, 4) is 0 Å². The molecule has 0 N–H and O–H groups in total. The number of rotatable bonds is 2. The lowest BCUT2D eigenvalue weighted by atomic mass is 10.0. The normalized spacial score (nSPS) is 30.6. The van der Waals surface area contributed by atoms with E-state index in [1.165, 1.54) is 19.4 Å². The zero-order valence-corrected chi connectivity index (χ0v) is 13.0. The Hall–Kier alpha value is -0.123. The van der Waals surface area contributed by atoms with E-state index in [0.717, 1.165) is 6.54 Å². The predicted molar refractivity (Wildman–Crippen MR) is 75.8 cm³/mol. The van der Waals surface area contributed by atoms with Crippen LogP contribution in [0.5, 0.6) is 0 Å². The molecular formula is C14H27NOSi. The van der Waals surface area contributed by atoms with Gasteiger partial charge in [0.2, 0.25) is 0 Å². The molecule has 17 heavy (non-hydrogen) atoms. The molecule has 2 rings (SSSR count). The highest BCUT2D eigenvalue weighted by Gasteiger charge is 2.42. The lowest BCUT2D eigenvalue weighted by molar-refractivity contribution is 0.0556. The standard InChI is InChI=1S/C14H27NOSi/c1-14(2,3)17(4,5)16-13-9-7-11-15-10-6-8-12(13)15/h6,8,12-13H,7,9-11H2,1-5H3/t12-,13+/m1/s1. The minimum Gasteiger partial charge on any atom is -0.412 e. The lowest BCUT2D eigenvalue weighted by Crippen LogP contribution is -2.52. The van der Waals surface area contributed by atoms with Crippen molar-refractivity contribution in [2.24, 2.45) is 0 Å². The smallest absolute Gasteiger partial charge is 0.192 e. The first-order chi connectivity index (χ1) is 7.81. The van der Waals surface area contributed by atoms with Gasteiger partial charge in [-0.25, -0.2) is 0 Å². The highest BCUT2D eigenvalue weighted by Crippen LogP contribution is 2.39. The minimum absolute atomic E-state index is 0.317. The summed E-state index contributed by atoms with van der Waals surface area (Å²) in [4.78, 5) is 2.56. The van der Waals surface area contributed by atoms with Gasteiger partial charge in [0.1, 0.15) is 0 Å². The van der Waals surface area contributed by atoms with E-state index in [4.69, 9.17) is 4.43 Å². The zero-order valence-electron chi connectivity index (χ0n) is 12.0. The van der Waals surface area contributed by atoms with E-state index >= 15 is 0 Å². The first-order valence-corrected chi connectivity index (χ1v) is 9.81. The summed E-state index contributed by atoms with van der Waals surface area (Å²) >= 11 is 0. The second-order valence-corrected chi connectivity index (χ2v) is 11.7. The average molecular weight is 253 g/mol. The van der Waals surface area contributed by atoms with Gasteiger partial charge in [0.15, 0.2) is 8.32 Å². The lowest BCUT2D eigenvalue weighted by Gasteiger charge is -2.44. The van der Waals surface area contributed by atoms with Gasteiger partial charge in [-0.15, -0.1) is 0 Å². The molecule has 0 radical (unpaired) electrons. The zero-order chi connectivity index (χ0) is 12.7. The Morgan fingerprint density at radius 3 is 2.65 bits per heavy atom. The van der Waals surface area contributed by atoms with Crippen molar-refractivity contribution in [3.05, 3.63) is 12.2 Å². The first kappa shape index (κ1) is 13.3. The molecule has 0 aliphatic carbocycles. The predicted octanol–water partition coefficient (Wildman–Crippen LogP) is 3.41. The van der Waals surface area contributed by atoms with Gasteiger partial charge in [0.05, 0.1) is 12.1 Å². The van der Waals surface area contributed by atoms with Gasteiger partial charge in [0, 0.05) is 6.54 Å². The van der Waals surface area contributed by atoms with Crippen molar-refractivity contribution in [1.82, 2.24) is 4.90 Å². The Kier molecular flexibility index (Phi) is 3.54. The third kappa shape index (κ3) is 2.66. The maximum atomic E-state index is 6.60. The van der Waals surface area contributed by atoms with Gasteiger partial charge in [-0.1, -0.05) is 32.9 Å². The molecule has 0 saturated carbocycles. The van der Waals surface area contributed by atoms with E-state index in [-0.39, 0.29) is 0 Å². The molecule has 98 valence electrons. The topological polar surface area (TPSA) is 12.5 Å². The fourth-order valence-electron chi connectivity index (χ4n) is 2.53. The molecule has 2 atom stereocenters. The van der Waals surface area contributed by atoms with Crippen molar-refractivity contribution in [3.63, 3.8) is 0 Å². The van der Waals surface area contributed by atoms with Crippen molar-refractivity contribution < 1.29 is 4.43 Å². The fraction of sp³-hybridized carbons (Fsp3) is 0.857. The third-order valence-electron chi connectivity index (χ3n) is 4.66. The second kappa shape index (κ2) is 4.52. The van der Waals surface area contributed by atoms with Crippen molar-refractivity contribution >= 4 is 8.32 Å². The van der Waals surface area contributed by atoms with Crippen molar-refractivity contribution in [2.75, 3.05) is 13.1 Å². The Labute approximate surface area is 107 Å². The molecule has 0 spiro atoms. The van der Waals surface area contributed by atoms with E-state index in [9.17, 15) is 0 Å². The van der Waals surface area contributed by atoms with Crippen LogP contribution in [0, 0.1) is 0 Å². The summed E-state index contributed by atoms with van der Waals surface area (Å²) < 4.78 is 6.60. The van der Waals surface area contributed by atoms with Crippen LogP contribution >= 0.6 is 0 Å². The number of hydrogen-bond acceptors (Lipinski definition) is 2. The molecule has 2 aliphatic heterocycles. The summed E-state index contributed by atoms with van der Waals surface area (Å²) in [6.45, 7) is 14.1. The number of hydrogen-bond donors (Lipinski definition) is 0. The van der Waals surface area contributed by atoms with Gasteiger partial charge < -0.3 is 4.43 Å². The Morgan fingerprint density at radius 2 is 2.00 bits per heavy atom. The largest absolute Gasteiger partial charge is 0.412 e. The quantitative estimate of drug-likeness (QED) is 0.552. The van der Waals surface area contributed by atoms with Gasteiger partial charge in [-0.3, -0.25) is 4.90 Å². The monoisotopic (exact) mass is 253 g/mol. The summed E-state index contributed by atoms with van der Waals surface area (Å²) in [5, 5.41) is 0.317. The maximum absolute atomic E-state index is 6.60. The fourth-order valence-corrected chi connectivity index (χ4v) is 3.90. The molecule has 0 bridgehead atoms. The Bertz CT molecular complexity index is 306. The van der Waals surface area contributed by atoms with Crippen LogP contribution in [-0.2, 0) is 4.43 Å². The summed E-state index contributed by atoms with van der Waals surface area (Å²) in [5.74, 6) is 0.